The van der Waals surface area contributed by atoms with Crippen LogP contribution in [0.15, 0.2) is 24.3 Å². The number of carbonyl (C=O) groups is 1. The summed E-state index contributed by atoms with van der Waals surface area (Å²) in [5.41, 5.74) is 1.44. The van der Waals surface area contributed by atoms with Crippen molar-refractivity contribution in [2.24, 2.45) is 5.92 Å². The van der Waals surface area contributed by atoms with Gasteiger partial charge in [-0.1, -0.05) is 19.1 Å². The third-order valence-electron chi connectivity index (χ3n) is 4.35. The summed E-state index contributed by atoms with van der Waals surface area (Å²) in [5.74, 6) is 0.766. The van der Waals surface area contributed by atoms with Gasteiger partial charge >= 0.3 is 6.03 Å². The second-order valence-corrected chi connectivity index (χ2v) is 6.51. The molecule has 2 rings (SSSR count). The van der Waals surface area contributed by atoms with E-state index in [1.807, 2.05) is 6.07 Å². The van der Waals surface area contributed by atoms with Crippen LogP contribution in [0.25, 0.3) is 0 Å². The van der Waals surface area contributed by atoms with E-state index < -0.39 is 6.10 Å². The van der Waals surface area contributed by atoms with E-state index in [4.69, 9.17) is 5.26 Å². The Labute approximate surface area is 143 Å². The van der Waals surface area contributed by atoms with Crippen LogP contribution < -0.4 is 10.6 Å². The number of nitrogens with zero attached hydrogens (tertiary/aromatic N) is 2. The van der Waals surface area contributed by atoms with E-state index >= 15 is 0 Å². The first-order chi connectivity index (χ1) is 11.6. The van der Waals surface area contributed by atoms with Gasteiger partial charge in [-0.2, -0.15) is 5.26 Å². The minimum atomic E-state index is -0.564. The van der Waals surface area contributed by atoms with Crippen LogP contribution in [0.3, 0.4) is 0 Å². The standard InChI is InChI=1S/C18H26N4O2/c1-14-5-7-22(8-6-14)13-17(23)12-21-18(24)20-11-16-4-2-3-15(9-16)10-19/h2-4,9,14,17,23H,5-8,11-13H2,1H3,(H2,20,21,24). The molecule has 1 atom stereocenters. The molecule has 1 aromatic rings. The van der Waals surface area contributed by atoms with Gasteiger partial charge in [-0.15, -0.1) is 0 Å². The van der Waals surface area contributed by atoms with E-state index in [0.29, 0.717) is 18.7 Å². The Bertz CT molecular complexity index is 577. The number of β-amino-alcohol motifs (C(OH)–C–C–N with tert-alkyl or cyclic N) is 1. The number of nitrogens with one attached hydrogen (secondary N) is 2. The molecule has 3 N–H and O–H groups in total. The lowest BCUT2D eigenvalue weighted by atomic mass is 9.99. The zero-order chi connectivity index (χ0) is 17.4. The largest absolute Gasteiger partial charge is 0.390 e. The molecule has 6 nitrogen and oxygen atoms in total. The number of nitriles is 1. The first-order valence-electron chi connectivity index (χ1n) is 8.48. The molecule has 0 aliphatic carbocycles. The van der Waals surface area contributed by atoms with Gasteiger partial charge in [0.15, 0.2) is 0 Å². The number of hydrogen-bond acceptors (Lipinski definition) is 4. The van der Waals surface area contributed by atoms with Crippen LogP contribution in [0.5, 0.6) is 0 Å². The van der Waals surface area contributed by atoms with E-state index in [0.717, 1.165) is 24.6 Å². The molecular formula is C18H26N4O2. The van der Waals surface area contributed by atoms with Crippen molar-refractivity contribution in [3.63, 3.8) is 0 Å². The van der Waals surface area contributed by atoms with Gasteiger partial charge in [0.05, 0.1) is 17.7 Å². The smallest absolute Gasteiger partial charge is 0.315 e. The minimum Gasteiger partial charge on any atom is -0.390 e. The molecule has 1 fully saturated rings. The normalized spacial score (nSPS) is 17.0. The van der Waals surface area contributed by atoms with E-state index in [1.165, 1.54) is 12.8 Å². The van der Waals surface area contributed by atoms with Crippen LogP contribution >= 0.6 is 0 Å². The molecule has 0 saturated carbocycles. The number of aliphatic hydroxyl groups excluding tert-OH is 1. The number of urea groups is 1. The SMILES string of the molecule is CC1CCN(CC(O)CNC(=O)NCc2cccc(C#N)c2)CC1. The van der Waals surface area contributed by atoms with Gasteiger partial charge in [0, 0.05) is 19.6 Å². The van der Waals surface area contributed by atoms with E-state index in [9.17, 15) is 9.90 Å². The Hall–Kier alpha value is -2.10. The number of aliphatic hydroxyl groups is 1. The van der Waals surface area contributed by atoms with E-state index in [-0.39, 0.29) is 12.6 Å². The maximum atomic E-state index is 11.8. The van der Waals surface area contributed by atoms with Crippen LogP contribution in [0.1, 0.15) is 30.9 Å². The second kappa shape index (κ2) is 9.26. The quantitative estimate of drug-likeness (QED) is 0.736. The maximum Gasteiger partial charge on any atom is 0.315 e. The topological polar surface area (TPSA) is 88.4 Å². The summed E-state index contributed by atoms with van der Waals surface area (Å²) in [6.07, 6.45) is 1.77. The van der Waals surface area contributed by atoms with Gasteiger partial charge in [0.1, 0.15) is 0 Å². The van der Waals surface area contributed by atoms with Crippen molar-refractivity contribution in [3.05, 3.63) is 35.4 Å². The highest BCUT2D eigenvalue weighted by molar-refractivity contribution is 5.73. The number of piperidine rings is 1. The molecule has 1 aromatic carbocycles. The summed E-state index contributed by atoms with van der Waals surface area (Å²) in [5, 5.41) is 24.3. The highest BCUT2D eigenvalue weighted by Gasteiger charge is 2.18. The summed E-state index contributed by atoms with van der Waals surface area (Å²) in [6.45, 7) is 5.46. The van der Waals surface area contributed by atoms with Crippen molar-refractivity contribution in [1.29, 1.82) is 5.26 Å². The Morgan fingerprint density at radius 2 is 2.17 bits per heavy atom. The number of hydrogen-bond donors (Lipinski definition) is 3. The molecule has 130 valence electrons. The van der Waals surface area contributed by atoms with Crippen molar-refractivity contribution >= 4 is 6.03 Å². The monoisotopic (exact) mass is 330 g/mol. The molecule has 0 radical (unpaired) electrons. The molecule has 0 spiro atoms. The van der Waals surface area contributed by atoms with Crippen LogP contribution in [0.2, 0.25) is 0 Å². The van der Waals surface area contributed by atoms with Gasteiger partial charge in [0.25, 0.3) is 0 Å². The Morgan fingerprint density at radius 1 is 1.42 bits per heavy atom. The van der Waals surface area contributed by atoms with Crippen molar-refractivity contribution in [1.82, 2.24) is 15.5 Å². The lowest BCUT2D eigenvalue weighted by Crippen LogP contribution is -2.45. The zero-order valence-electron chi connectivity index (χ0n) is 14.2. The van der Waals surface area contributed by atoms with Crippen LogP contribution in [0, 0.1) is 17.2 Å². The van der Waals surface area contributed by atoms with Crippen molar-refractivity contribution in [2.75, 3.05) is 26.2 Å². The summed E-state index contributed by atoms with van der Waals surface area (Å²) in [4.78, 5) is 14.0. The Balaban J connectivity index is 1.64. The zero-order valence-corrected chi connectivity index (χ0v) is 14.2. The lowest BCUT2D eigenvalue weighted by Gasteiger charge is -2.31. The van der Waals surface area contributed by atoms with Crippen molar-refractivity contribution in [3.8, 4) is 6.07 Å². The van der Waals surface area contributed by atoms with Gasteiger partial charge in [-0.05, 0) is 49.5 Å². The van der Waals surface area contributed by atoms with Gasteiger partial charge in [-0.25, -0.2) is 4.79 Å². The molecular weight excluding hydrogens is 304 g/mol. The molecule has 2 amide bonds. The van der Waals surface area contributed by atoms with Gasteiger partial charge in [-0.3, -0.25) is 0 Å². The first-order valence-corrected chi connectivity index (χ1v) is 8.48. The van der Waals surface area contributed by atoms with Gasteiger partial charge in [0.2, 0.25) is 0 Å². The Morgan fingerprint density at radius 3 is 2.88 bits per heavy atom. The molecule has 1 aliphatic rings. The molecule has 1 unspecified atom stereocenters. The van der Waals surface area contributed by atoms with E-state index in [1.54, 1.807) is 18.2 Å². The number of carbonyl (C=O) groups excluding carboxylic acids is 1. The number of rotatable bonds is 6. The lowest BCUT2D eigenvalue weighted by molar-refractivity contribution is 0.0920. The fourth-order valence-electron chi connectivity index (χ4n) is 2.81. The van der Waals surface area contributed by atoms with Crippen LogP contribution in [0.4, 0.5) is 4.79 Å². The third kappa shape index (κ3) is 6.19. The molecule has 24 heavy (non-hydrogen) atoms. The average Bonchev–Trinajstić information content (AvgIpc) is 2.60. The van der Waals surface area contributed by atoms with Crippen molar-refractivity contribution < 1.29 is 9.90 Å². The average molecular weight is 330 g/mol. The molecule has 1 saturated heterocycles. The molecule has 6 heteroatoms. The second-order valence-electron chi connectivity index (χ2n) is 6.51. The fourth-order valence-corrected chi connectivity index (χ4v) is 2.81. The highest BCUT2D eigenvalue weighted by Crippen LogP contribution is 2.15. The third-order valence-corrected chi connectivity index (χ3v) is 4.35. The molecule has 1 heterocycles. The van der Waals surface area contributed by atoms with E-state index in [2.05, 4.69) is 28.5 Å². The molecule has 0 bridgehead atoms. The number of amides is 2. The fraction of sp³-hybridized carbons (Fsp3) is 0.556. The summed E-state index contributed by atoms with van der Waals surface area (Å²) >= 11 is 0. The predicted octanol–water partition coefficient (Wildman–Crippen LogP) is 1.45. The first kappa shape index (κ1) is 18.2. The summed E-state index contributed by atoms with van der Waals surface area (Å²) < 4.78 is 0. The number of benzene rings is 1. The minimum absolute atomic E-state index is 0.232. The highest BCUT2D eigenvalue weighted by atomic mass is 16.3. The predicted molar refractivity (Wildman–Crippen MR) is 92.2 cm³/mol. The Kier molecular flexibility index (Phi) is 7.04. The maximum absolute atomic E-state index is 11.8. The summed E-state index contributed by atoms with van der Waals surface area (Å²) in [7, 11) is 0. The molecule has 0 aromatic heterocycles. The van der Waals surface area contributed by atoms with Crippen molar-refractivity contribution in [2.45, 2.75) is 32.4 Å². The van der Waals surface area contributed by atoms with Gasteiger partial charge < -0.3 is 20.6 Å². The molecule has 1 aliphatic heterocycles. The summed E-state index contributed by atoms with van der Waals surface area (Å²) in [6, 6.07) is 8.86. The van der Waals surface area contributed by atoms with Crippen LogP contribution in [-0.4, -0.2) is 48.3 Å². The number of likely N-dealkylation sites (tertiary alicyclic amines) is 1. The van der Waals surface area contributed by atoms with Crippen LogP contribution in [-0.2, 0) is 6.54 Å².